The number of hydrogen-bond acceptors (Lipinski definition) is 3. The molecule has 1 aliphatic heterocycles. The summed E-state index contributed by atoms with van der Waals surface area (Å²) in [5, 5.41) is 13.6. The Hall–Kier alpha value is -1.10. The molecule has 0 atom stereocenters. The lowest BCUT2D eigenvalue weighted by atomic mass is 9.88. The van der Waals surface area contributed by atoms with Crippen LogP contribution in [0.4, 0.5) is 0 Å². The molecule has 0 radical (unpaired) electrons. The summed E-state index contributed by atoms with van der Waals surface area (Å²) in [6.45, 7) is 1.40. The van der Waals surface area contributed by atoms with Crippen LogP contribution >= 0.6 is 0 Å². The van der Waals surface area contributed by atoms with Gasteiger partial charge in [-0.15, -0.1) is 0 Å². The van der Waals surface area contributed by atoms with Gasteiger partial charge in [-0.1, -0.05) is 32.1 Å². The molecule has 3 rings (SSSR count). The van der Waals surface area contributed by atoms with E-state index in [1.807, 2.05) is 4.90 Å². The Morgan fingerprint density at radius 1 is 0.958 bits per heavy atom. The second kappa shape index (κ2) is 7.85. The molecule has 2 aliphatic carbocycles. The minimum absolute atomic E-state index is 0.0801. The van der Waals surface area contributed by atoms with Gasteiger partial charge in [-0.2, -0.15) is 0 Å². The molecule has 0 bridgehead atoms. The van der Waals surface area contributed by atoms with Crippen LogP contribution in [0.5, 0.6) is 0 Å². The minimum atomic E-state index is -0.761. The Labute approximate surface area is 145 Å². The zero-order chi connectivity index (χ0) is 17.0. The van der Waals surface area contributed by atoms with E-state index in [2.05, 4.69) is 5.32 Å². The van der Waals surface area contributed by atoms with Crippen LogP contribution in [0, 0.1) is 5.92 Å². The molecule has 24 heavy (non-hydrogen) atoms. The Kier molecular flexibility index (Phi) is 5.80. The van der Waals surface area contributed by atoms with E-state index in [-0.39, 0.29) is 30.2 Å². The molecule has 136 valence electrons. The highest BCUT2D eigenvalue weighted by Gasteiger charge is 2.36. The van der Waals surface area contributed by atoms with Crippen molar-refractivity contribution in [3.8, 4) is 0 Å². The fourth-order valence-electron chi connectivity index (χ4n) is 4.56. The molecular weight excluding hydrogens is 304 g/mol. The summed E-state index contributed by atoms with van der Waals surface area (Å²) in [6.07, 6.45) is 11.2. The van der Waals surface area contributed by atoms with E-state index in [1.165, 1.54) is 19.3 Å². The first-order valence-corrected chi connectivity index (χ1v) is 9.86. The van der Waals surface area contributed by atoms with Crippen molar-refractivity contribution in [2.75, 3.05) is 13.1 Å². The third kappa shape index (κ3) is 4.50. The maximum absolute atomic E-state index is 12.4. The van der Waals surface area contributed by atoms with Crippen molar-refractivity contribution in [2.45, 2.75) is 88.7 Å². The van der Waals surface area contributed by atoms with E-state index >= 15 is 0 Å². The van der Waals surface area contributed by atoms with Crippen molar-refractivity contribution in [2.24, 2.45) is 5.92 Å². The first-order valence-electron chi connectivity index (χ1n) is 9.86. The van der Waals surface area contributed by atoms with Crippen LogP contribution in [0.2, 0.25) is 0 Å². The Morgan fingerprint density at radius 2 is 1.58 bits per heavy atom. The van der Waals surface area contributed by atoms with Crippen molar-refractivity contribution in [3.05, 3.63) is 0 Å². The van der Waals surface area contributed by atoms with Crippen LogP contribution in [0.3, 0.4) is 0 Å². The SMILES string of the molecule is O=C(NC1CCN(C(=O)CC2(O)CCCC2)CC1)C1CCCCC1. The maximum atomic E-state index is 12.4. The number of carbonyl (C=O) groups excluding carboxylic acids is 2. The number of nitrogens with zero attached hydrogens (tertiary/aromatic N) is 1. The van der Waals surface area contributed by atoms with Gasteiger partial charge in [0.2, 0.25) is 11.8 Å². The van der Waals surface area contributed by atoms with Crippen LogP contribution in [0.25, 0.3) is 0 Å². The molecule has 0 aromatic carbocycles. The third-order valence-electron chi connectivity index (χ3n) is 6.18. The van der Waals surface area contributed by atoms with E-state index in [9.17, 15) is 14.7 Å². The number of hydrogen-bond donors (Lipinski definition) is 2. The van der Waals surface area contributed by atoms with Crippen LogP contribution in [-0.2, 0) is 9.59 Å². The highest BCUT2D eigenvalue weighted by Crippen LogP contribution is 2.33. The molecule has 5 nitrogen and oxygen atoms in total. The predicted octanol–water partition coefficient (Wildman–Crippen LogP) is 2.37. The molecule has 0 spiro atoms. The largest absolute Gasteiger partial charge is 0.389 e. The highest BCUT2D eigenvalue weighted by molar-refractivity contribution is 5.79. The van der Waals surface area contributed by atoms with E-state index in [1.54, 1.807) is 0 Å². The van der Waals surface area contributed by atoms with Gasteiger partial charge >= 0.3 is 0 Å². The van der Waals surface area contributed by atoms with Gasteiger partial charge in [-0.05, 0) is 38.5 Å². The zero-order valence-corrected chi connectivity index (χ0v) is 14.8. The summed E-state index contributed by atoms with van der Waals surface area (Å²) in [5.41, 5.74) is -0.761. The number of amides is 2. The van der Waals surface area contributed by atoms with Gasteiger partial charge in [0.25, 0.3) is 0 Å². The van der Waals surface area contributed by atoms with Gasteiger partial charge < -0.3 is 15.3 Å². The van der Waals surface area contributed by atoms with E-state index in [0.29, 0.717) is 13.1 Å². The van der Waals surface area contributed by atoms with E-state index < -0.39 is 5.60 Å². The molecule has 3 aliphatic rings. The predicted molar refractivity (Wildman–Crippen MR) is 92.4 cm³/mol. The third-order valence-corrected chi connectivity index (χ3v) is 6.18. The fourth-order valence-corrected chi connectivity index (χ4v) is 4.56. The number of aliphatic hydroxyl groups is 1. The average molecular weight is 336 g/mol. The number of nitrogens with one attached hydrogen (secondary N) is 1. The van der Waals surface area contributed by atoms with Crippen molar-refractivity contribution < 1.29 is 14.7 Å². The van der Waals surface area contributed by atoms with E-state index in [4.69, 9.17) is 0 Å². The smallest absolute Gasteiger partial charge is 0.225 e. The molecule has 1 heterocycles. The molecule has 5 heteroatoms. The zero-order valence-electron chi connectivity index (χ0n) is 14.8. The van der Waals surface area contributed by atoms with Crippen molar-refractivity contribution in [1.29, 1.82) is 0 Å². The monoisotopic (exact) mass is 336 g/mol. The second-order valence-corrected chi connectivity index (χ2v) is 8.11. The number of rotatable bonds is 4. The standard InChI is InChI=1S/C19H32N2O3/c22-17(14-19(24)10-4-5-11-19)21-12-8-16(9-13-21)20-18(23)15-6-2-1-3-7-15/h15-16,24H,1-14H2,(H,20,23). The maximum Gasteiger partial charge on any atom is 0.225 e. The fraction of sp³-hybridized carbons (Fsp3) is 0.895. The summed E-state index contributed by atoms with van der Waals surface area (Å²) in [7, 11) is 0. The summed E-state index contributed by atoms with van der Waals surface area (Å²) in [4.78, 5) is 26.6. The summed E-state index contributed by atoms with van der Waals surface area (Å²) in [6, 6.07) is 0.207. The van der Waals surface area contributed by atoms with Crippen LogP contribution in [-0.4, -0.2) is 46.6 Å². The molecular formula is C19H32N2O3. The molecule has 1 saturated heterocycles. The molecule has 0 unspecified atom stereocenters. The molecule has 2 amide bonds. The Bertz CT molecular complexity index is 446. The first kappa shape index (κ1) is 17.7. The summed E-state index contributed by atoms with van der Waals surface area (Å²) in [5.74, 6) is 0.506. The lowest BCUT2D eigenvalue weighted by molar-refractivity contribution is -0.137. The van der Waals surface area contributed by atoms with Gasteiger partial charge in [0, 0.05) is 25.0 Å². The minimum Gasteiger partial charge on any atom is -0.389 e. The quantitative estimate of drug-likeness (QED) is 0.828. The van der Waals surface area contributed by atoms with Crippen LogP contribution < -0.4 is 5.32 Å². The van der Waals surface area contributed by atoms with Gasteiger partial charge in [-0.25, -0.2) is 0 Å². The Morgan fingerprint density at radius 3 is 2.21 bits per heavy atom. The normalized spacial score (nSPS) is 25.6. The number of piperidine rings is 1. The second-order valence-electron chi connectivity index (χ2n) is 8.11. The first-order chi connectivity index (χ1) is 11.6. The lowest BCUT2D eigenvalue weighted by Gasteiger charge is -2.35. The van der Waals surface area contributed by atoms with Crippen LogP contribution in [0.15, 0.2) is 0 Å². The molecule has 0 aromatic rings. The van der Waals surface area contributed by atoms with Gasteiger partial charge in [0.05, 0.1) is 12.0 Å². The molecule has 2 saturated carbocycles. The van der Waals surface area contributed by atoms with Gasteiger partial charge in [-0.3, -0.25) is 9.59 Å². The molecule has 0 aromatic heterocycles. The van der Waals surface area contributed by atoms with Gasteiger partial charge in [0.15, 0.2) is 0 Å². The number of carbonyl (C=O) groups is 2. The van der Waals surface area contributed by atoms with E-state index in [0.717, 1.165) is 51.4 Å². The molecule has 2 N–H and O–H groups in total. The van der Waals surface area contributed by atoms with Crippen molar-refractivity contribution >= 4 is 11.8 Å². The average Bonchev–Trinajstić information content (AvgIpc) is 3.02. The topological polar surface area (TPSA) is 69.6 Å². The summed E-state index contributed by atoms with van der Waals surface area (Å²) >= 11 is 0. The van der Waals surface area contributed by atoms with Gasteiger partial charge in [0.1, 0.15) is 0 Å². The lowest BCUT2D eigenvalue weighted by Crippen LogP contribution is -2.49. The summed E-state index contributed by atoms with van der Waals surface area (Å²) < 4.78 is 0. The Balaban J connectivity index is 1.40. The van der Waals surface area contributed by atoms with Crippen molar-refractivity contribution in [1.82, 2.24) is 10.2 Å². The van der Waals surface area contributed by atoms with Crippen LogP contribution in [0.1, 0.15) is 77.0 Å². The number of likely N-dealkylation sites (tertiary alicyclic amines) is 1. The van der Waals surface area contributed by atoms with Crippen molar-refractivity contribution in [3.63, 3.8) is 0 Å². The highest BCUT2D eigenvalue weighted by atomic mass is 16.3. The molecule has 3 fully saturated rings.